The van der Waals surface area contributed by atoms with Crippen LogP contribution in [0, 0.1) is 9.39 Å². The van der Waals surface area contributed by atoms with Crippen LogP contribution in [-0.2, 0) is 0 Å². The van der Waals surface area contributed by atoms with Gasteiger partial charge in [0.25, 0.3) is 0 Å². The quantitative estimate of drug-likeness (QED) is 0.785. The third-order valence-electron chi connectivity index (χ3n) is 2.41. The van der Waals surface area contributed by atoms with Crippen LogP contribution in [0.1, 0.15) is 24.4 Å². The van der Waals surface area contributed by atoms with Gasteiger partial charge in [-0.25, -0.2) is 4.39 Å². The van der Waals surface area contributed by atoms with Gasteiger partial charge >= 0.3 is 0 Å². The number of benzene rings is 1. The second-order valence-corrected chi connectivity index (χ2v) is 4.48. The highest BCUT2D eigenvalue weighted by molar-refractivity contribution is 14.1. The Bertz CT molecular complexity index is 308. The maximum absolute atomic E-state index is 13.0. The molecule has 0 aliphatic carbocycles. The van der Waals surface area contributed by atoms with Gasteiger partial charge in [0.2, 0.25) is 0 Å². The van der Waals surface area contributed by atoms with Crippen LogP contribution in [0.25, 0.3) is 0 Å². The van der Waals surface area contributed by atoms with Gasteiger partial charge in [-0.15, -0.1) is 0 Å². The second-order valence-electron chi connectivity index (χ2n) is 3.32. The van der Waals surface area contributed by atoms with Gasteiger partial charge in [-0.2, -0.15) is 0 Å². The fourth-order valence-electron chi connectivity index (χ4n) is 1.70. The highest BCUT2D eigenvalue weighted by Gasteiger charge is 2.16. The van der Waals surface area contributed by atoms with Crippen LogP contribution in [0.5, 0.6) is 0 Å². The molecule has 1 heterocycles. The minimum atomic E-state index is -0.123. The first-order valence-electron chi connectivity index (χ1n) is 4.46. The lowest BCUT2D eigenvalue weighted by Crippen LogP contribution is -2.12. The predicted molar refractivity (Wildman–Crippen MR) is 59.1 cm³/mol. The number of rotatable bonds is 1. The third kappa shape index (κ3) is 2.02. The summed E-state index contributed by atoms with van der Waals surface area (Å²) in [5.74, 6) is -0.123. The Balaban J connectivity index is 2.25. The summed E-state index contributed by atoms with van der Waals surface area (Å²) in [6, 6.07) is 5.80. The molecule has 1 saturated heterocycles. The molecule has 3 heteroatoms. The normalized spacial score (nSPS) is 22.2. The van der Waals surface area contributed by atoms with E-state index in [9.17, 15) is 4.39 Å². The van der Waals surface area contributed by atoms with E-state index in [-0.39, 0.29) is 5.82 Å². The lowest BCUT2D eigenvalue weighted by molar-refractivity contribution is 0.610. The van der Waals surface area contributed by atoms with E-state index < -0.39 is 0 Å². The molecule has 0 amide bonds. The van der Waals surface area contributed by atoms with Crippen LogP contribution in [0.2, 0.25) is 0 Å². The Labute approximate surface area is 90.9 Å². The molecule has 1 aliphatic rings. The van der Waals surface area contributed by atoms with Crippen molar-refractivity contribution >= 4 is 22.6 Å². The van der Waals surface area contributed by atoms with Crippen molar-refractivity contribution in [2.75, 3.05) is 6.54 Å². The largest absolute Gasteiger partial charge is 0.310 e. The minimum absolute atomic E-state index is 0.123. The van der Waals surface area contributed by atoms with E-state index in [0.29, 0.717) is 9.61 Å². The SMILES string of the molecule is Fc1ccc(C2CCCN2)cc1I. The number of hydrogen-bond acceptors (Lipinski definition) is 1. The summed E-state index contributed by atoms with van der Waals surface area (Å²) in [4.78, 5) is 0. The molecule has 0 bridgehead atoms. The predicted octanol–water partition coefficient (Wildman–Crippen LogP) is 2.85. The van der Waals surface area contributed by atoms with Crippen LogP contribution in [0.3, 0.4) is 0 Å². The van der Waals surface area contributed by atoms with Gasteiger partial charge in [0, 0.05) is 9.61 Å². The van der Waals surface area contributed by atoms with Crippen molar-refractivity contribution in [3.05, 3.63) is 33.1 Å². The Hall–Kier alpha value is -0.160. The smallest absolute Gasteiger partial charge is 0.136 e. The Morgan fingerprint density at radius 1 is 1.46 bits per heavy atom. The van der Waals surface area contributed by atoms with Crippen molar-refractivity contribution in [2.24, 2.45) is 0 Å². The van der Waals surface area contributed by atoms with Gasteiger partial charge in [-0.05, 0) is 59.7 Å². The number of halogens is 2. The summed E-state index contributed by atoms with van der Waals surface area (Å²) >= 11 is 2.03. The molecule has 1 unspecified atom stereocenters. The lowest BCUT2D eigenvalue weighted by Gasteiger charge is -2.10. The van der Waals surface area contributed by atoms with Crippen molar-refractivity contribution in [2.45, 2.75) is 18.9 Å². The monoisotopic (exact) mass is 291 g/mol. The highest BCUT2D eigenvalue weighted by atomic mass is 127. The van der Waals surface area contributed by atoms with Crippen LogP contribution in [-0.4, -0.2) is 6.54 Å². The fourth-order valence-corrected chi connectivity index (χ4v) is 2.24. The summed E-state index contributed by atoms with van der Waals surface area (Å²) in [6.45, 7) is 1.08. The van der Waals surface area contributed by atoms with Crippen molar-refractivity contribution in [1.29, 1.82) is 0 Å². The molecule has 1 atom stereocenters. The molecular formula is C10H11FIN. The summed E-state index contributed by atoms with van der Waals surface area (Å²) in [6.07, 6.45) is 2.39. The van der Waals surface area contributed by atoms with E-state index in [0.717, 1.165) is 6.54 Å². The van der Waals surface area contributed by atoms with Crippen molar-refractivity contribution in [1.82, 2.24) is 5.32 Å². The molecule has 0 aromatic heterocycles. The molecule has 1 N–H and O–H groups in total. The fraction of sp³-hybridized carbons (Fsp3) is 0.400. The Morgan fingerprint density at radius 3 is 2.92 bits per heavy atom. The first-order chi connectivity index (χ1) is 6.27. The first-order valence-corrected chi connectivity index (χ1v) is 5.53. The Morgan fingerprint density at radius 2 is 2.31 bits per heavy atom. The summed E-state index contributed by atoms with van der Waals surface area (Å²) in [5.41, 5.74) is 1.21. The maximum atomic E-state index is 13.0. The van der Waals surface area contributed by atoms with Crippen molar-refractivity contribution < 1.29 is 4.39 Å². The van der Waals surface area contributed by atoms with E-state index in [1.165, 1.54) is 18.4 Å². The van der Waals surface area contributed by atoms with Gasteiger partial charge < -0.3 is 5.32 Å². The van der Waals surface area contributed by atoms with E-state index in [1.807, 2.05) is 34.7 Å². The van der Waals surface area contributed by atoms with Crippen molar-refractivity contribution in [3.8, 4) is 0 Å². The van der Waals surface area contributed by atoms with Gasteiger partial charge in [-0.3, -0.25) is 0 Å². The number of nitrogens with one attached hydrogen (secondary N) is 1. The molecule has 0 spiro atoms. The molecule has 0 radical (unpaired) electrons. The molecule has 2 rings (SSSR count). The van der Waals surface area contributed by atoms with Crippen LogP contribution < -0.4 is 5.32 Å². The van der Waals surface area contributed by atoms with Gasteiger partial charge in [0.1, 0.15) is 5.82 Å². The summed E-state index contributed by atoms with van der Waals surface area (Å²) in [7, 11) is 0. The van der Waals surface area contributed by atoms with Gasteiger partial charge in [0.05, 0.1) is 0 Å². The van der Waals surface area contributed by atoms with Gasteiger partial charge in [-0.1, -0.05) is 6.07 Å². The maximum Gasteiger partial charge on any atom is 0.136 e. The third-order valence-corrected chi connectivity index (χ3v) is 3.23. The summed E-state index contributed by atoms with van der Waals surface area (Å²) < 4.78 is 13.7. The second kappa shape index (κ2) is 3.92. The molecule has 70 valence electrons. The molecular weight excluding hydrogens is 280 g/mol. The lowest BCUT2D eigenvalue weighted by atomic mass is 10.1. The molecule has 1 nitrogen and oxygen atoms in total. The molecule has 1 aliphatic heterocycles. The topological polar surface area (TPSA) is 12.0 Å². The van der Waals surface area contributed by atoms with E-state index in [4.69, 9.17) is 0 Å². The molecule has 1 aromatic rings. The van der Waals surface area contributed by atoms with Crippen LogP contribution >= 0.6 is 22.6 Å². The molecule has 1 fully saturated rings. The highest BCUT2D eigenvalue weighted by Crippen LogP contribution is 2.25. The van der Waals surface area contributed by atoms with E-state index in [1.54, 1.807) is 6.07 Å². The van der Waals surface area contributed by atoms with E-state index >= 15 is 0 Å². The summed E-state index contributed by atoms with van der Waals surface area (Å²) in [5, 5.41) is 3.39. The standard InChI is InChI=1S/C10H11FIN/c11-8-4-3-7(6-9(8)12)10-2-1-5-13-10/h3-4,6,10,13H,1-2,5H2. The number of hydrogen-bond donors (Lipinski definition) is 1. The molecule has 1 aromatic carbocycles. The Kier molecular flexibility index (Phi) is 2.83. The van der Waals surface area contributed by atoms with Crippen LogP contribution in [0.15, 0.2) is 18.2 Å². The molecule has 13 heavy (non-hydrogen) atoms. The zero-order valence-electron chi connectivity index (χ0n) is 7.19. The van der Waals surface area contributed by atoms with Gasteiger partial charge in [0.15, 0.2) is 0 Å². The average Bonchev–Trinajstić information content (AvgIpc) is 2.62. The van der Waals surface area contributed by atoms with Crippen LogP contribution in [0.4, 0.5) is 4.39 Å². The average molecular weight is 291 g/mol. The first kappa shape index (κ1) is 9.40. The zero-order valence-corrected chi connectivity index (χ0v) is 9.34. The van der Waals surface area contributed by atoms with Crippen molar-refractivity contribution in [3.63, 3.8) is 0 Å². The zero-order chi connectivity index (χ0) is 9.26. The minimum Gasteiger partial charge on any atom is -0.310 e. The molecule has 0 saturated carbocycles. The van der Waals surface area contributed by atoms with E-state index in [2.05, 4.69) is 5.32 Å².